The number of rotatable bonds is 6. The third-order valence-corrected chi connectivity index (χ3v) is 5.16. The number of nitrogens with two attached hydrogens (primary N) is 1. The molecule has 2 N–H and O–H groups in total. The minimum Gasteiger partial charge on any atom is -0.492 e. The van der Waals surface area contributed by atoms with Crippen LogP contribution >= 0.6 is 0 Å². The Bertz CT molecular complexity index is 715. The highest BCUT2D eigenvalue weighted by molar-refractivity contribution is 7.89. The van der Waals surface area contributed by atoms with Crippen molar-refractivity contribution in [1.29, 1.82) is 0 Å². The van der Waals surface area contributed by atoms with Gasteiger partial charge in [-0.05, 0) is 24.8 Å². The summed E-state index contributed by atoms with van der Waals surface area (Å²) in [6.45, 7) is 0.166. The van der Waals surface area contributed by atoms with E-state index in [-0.39, 0.29) is 12.5 Å². The molecular weight excluding hydrogens is 318 g/mol. The predicted octanol–water partition coefficient (Wildman–Crippen LogP) is 1.10. The van der Waals surface area contributed by atoms with E-state index in [2.05, 4.69) is 0 Å². The normalized spacial score (nSPS) is 15.1. The predicted molar refractivity (Wildman–Crippen MR) is 74.0 cm³/mol. The molecule has 0 aliphatic heterocycles. The van der Waals surface area contributed by atoms with Crippen molar-refractivity contribution in [3.05, 3.63) is 23.3 Å². The Morgan fingerprint density at radius 1 is 1.36 bits per heavy atom. The molecule has 1 aromatic carbocycles. The number of benzene rings is 1. The lowest BCUT2D eigenvalue weighted by Crippen LogP contribution is -2.26. The molecule has 0 saturated heterocycles. The molecule has 1 aliphatic carbocycles. The molecule has 0 atom stereocenters. The van der Waals surface area contributed by atoms with Gasteiger partial charge in [-0.1, -0.05) is 0 Å². The Morgan fingerprint density at radius 3 is 2.41 bits per heavy atom. The fourth-order valence-electron chi connectivity index (χ4n) is 1.79. The number of hydrogen-bond donors (Lipinski definition) is 1. The van der Waals surface area contributed by atoms with E-state index in [9.17, 15) is 22.0 Å². The summed E-state index contributed by atoms with van der Waals surface area (Å²) < 4.78 is 58.5. The van der Waals surface area contributed by atoms with Gasteiger partial charge >= 0.3 is 0 Å². The average Bonchev–Trinajstić information content (AvgIpc) is 3.22. The Balaban J connectivity index is 2.62. The molecule has 0 radical (unpaired) electrons. The van der Waals surface area contributed by atoms with Crippen molar-refractivity contribution in [2.24, 2.45) is 11.7 Å². The van der Waals surface area contributed by atoms with Crippen LogP contribution in [0.3, 0.4) is 0 Å². The Kier molecular flexibility index (Phi) is 4.39. The van der Waals surface area contributed by atoms with Crippen LogP contribution in [0.1, 0.15) is 23.2 Å². The van der Waals surface area contributed by atoms with Crippen molar-refractivity contribution >= 4 is 15.9 Å². The molecule has 1 amide bonds. The lowest BCUT2D eigenvalue weighted by Gasteiger charge is -2.17. The van der Waals surface area contributed by atoms with Crippen molar-refractivity contribution < 1.29 is 26.7 Å². The van der Waals surface area contributed by atoms with E-state index in [4.69, 9.17) is 10.5 Å². The zero-order valence-corrected chi connectivity index (χ0v) is 12.9. The SMILES string of the molecule is CN(C)S(=O)(=O)c1c(OCC2CC2)cc(C(N)=O)c(F)c1F. The van der Waals surface area contributed by atoms with Gasteiger partial charge in [0.2, 0.25) is 10.0 Å². The smallest absolute Gasteiger partial charge is 0.251 e. The molecule has 1 fully saturated rings. The summed E-state index contributed by atoms with van der Waals surface area (Å²) in [5, 5.41) is 0. The molecule has 0 unspecified atom stereocenters. The van der Waals surface area contributed by atoms with E-state index in [0.29, 0.717) is 0 Å². The first kappa shape index (κ1) is 16.6. The molecular formula is C13H16F2N2O4S. The number of nitrogens with zero attached hydrogens (tertiary/aromatic N) is 1. The van der Waals surface area contributed by atoms with Crippen LogP contribution in [0.25, 0.3) is 0 Å². The summed E-state index contributed by atoms with van der Waals surface area (Å²) >= 11 is 0. The number of amides is 1. The van der Waals surface area contributed by atoms with Gasteiger partial charge in [0.05, 0.1) is 12.2 Å². The third kappa shape index (κ3) is 3.05. The first-order chi connectivity index (χ1) is 10.2. The molecule has 0 spiro atoms. The Labute approximate surface area is 126 Å². The number of primary amides is 1. The van der Waals surface area contributed by atoms with Crippen LogP contribution in [0.5, 0.6) is 5.75 Å². The van der Waals surface area contributed by atoms with Crippen LogP contribution in [0, 0.1) is 17.6 Å². The summed E-state index contributed by atoms with van der Waals surface area (Å²) in [6, 6.07) is 0.833. The number of carbonyl (C=O) groups is 1. The van der Waals surface area contributed by atoms with Crippen molar-refractivity contribution in [3.8, 4) is 5.75 Å². The van der Waals surface area contributed by atoms with E-state index >= 15 is 0 Å². The summed E-state index contributed by atoms with van der Waals surface area (Å²) in [5.74, 6) is -4.64. The molecule has 22 heavy (non-hydrogen) atoms. The zero-order valence-electron chi connectivity index (χ0n) is 12.1. The molecule has 6 nitrogen and oxygen atoms in total. The number of halogens is 2. The van der Waals surface area contributed by atoms with Crippen LogP contribution in [-0.4, -0.2) is 39.3 Å². The van der Waals surface area contributed by atoms with E-state index in [1.807, 2.05) is 0 Å². The fourth-order valence-corrected chi connectivity index (χ4v) is 2.84. The maximum Gasteiger partial charge on any atom is 0.251 e. The van der Waals surface area contributed by atoms with Gasteiger partial charge in [-0.15, -0.1) is 0 Å². The quantitative estimate of drug-likeness (QED) is 0.844. The van der Waals surface area contributed by atoms with E-state index < -0.39 is 43.8 Å². The summed E-state index contributed by atoms with van der Waals surface area (Å²) in [6.07, 6.45) is 1.84. The van der Waals surface area contributed by atoms with Crippen LogP contribution in [0.2, 0.25) is 0 Å². The summed E-state index contributed by atoms with van der Waals surface area (Å²) in [7, 11) is -1.93. The number of ether oxygens (including phenoxy) is 1. The third-order valence-electron chi connectivity index (χ3n) is 3.30. The molecule has 2 rings (SSSR count). The number of sulfonamides is 1. The van der Waals surface area contributed by atoms with Gasteiger partial charge in [0.15, 0.2) is 16.5 Å². The highest BCUT2D eigenvalue weighted by Gasteiger charge is 2.33. The van der Waals surface area contributed by atoms with Crippen molar-refractivity contribution in [2.75, 3.05) is 20.7 Å². The van der Waals surface area contributed by atoms with E-state index in [1.54, 1.807) is 0 Å². The molecule has 1 saturated carbocycles. The Morgan fingerprint density at radius 2 is 1.95 bits per heavy atom. The molecule has 1 aliphatic rings. The van der Waals surface area contributed by atoms with E-state index in [0.717, 1.165) is 23.2 Å². The maximum atomic E-state index is 14.2. The second kappa shape index (κ2) is 5.81. The van der Waals surface area contributed by atoms with Gasteiger partial charge in [-0.3, -0.25) is 4.79 Å². The standard InChI is InChI=1S/C13H16F2N2O4S/c1-17(2)22(19,20)12-9(21-6-7-3-4-7)5-8(13(16)18)10(14)11(12)15/h5,7H,3-4,6H2,1-2H3,(H2,16,18). The molecule has 122 valence electrons. The van der Waals surface area contributed by atoms with Gasteiger partial charge in [0.1, 0.15) is 5.75 Å². The fraction of sp³-hybridized carbons (Fsp3) is 0.462. The Hall–Kier alpha value is -1.74. The molecule has 9 heteroatoms. The maximum absolute atomic E-state index is 14.2. The number of hydrogen-bond acceptors (Lipinski definition) is 4. The largest absolute Gasteiger partial charge is 0.492 e. The van der Waals surface area contributed by atoms with E-state index in [1.165, 1.54) is 14.1 Å². The number of carbonyl (C=O) groups excluding carboxylic acids is 1. The summed E-state index contributed by atoms with van der Waals surface area (Å²) in [5.41, 5.74) is 4.23. The van der Waals surface area contributed by atoms with Crippen molar-refractivity contribution in [2.45, 2.75) is 17.7 Å². The van der Waals surface area contributed by atoms with Gasteiger partial charge in [-0.25, -0.2) is 21.5 Å². The molecule has 0 aromatic heterocycles. The second-order valence-electron chi connectivity index (χ2n) is 5.29. The molecule has 0 heterocycles. The summed E-state index contributed by atoms with van der Waals surface area (Å²) in [4.78, 5) is 10.2. The molecule has 1 aromatic rings. The van der Waals surface area contributed by atoms with Crippen molar-refractivity contribution in [3.63, 3.8) is 0 Å². The lowest BCUT2D eigenvalue weighted by molar-refractivity contribution is 0.0994. The van der Waals surface area contributed by atoms with Gasteiger partial charge in [0, 0.05) is 14.1 Å². The second-order valence-corrected chi connectivity index (χ2v) is 7.37. The lowest BCUT2D eigenvalue weighted by atomic mass is 10.2. The van der Waals surface area contributed by atoms with Gasteiger partial charge in [0.25, 0.3) is 5.91 Å². The zero-order chi connectivity index (χ0) is 16.7. The molecule has 0 bridgehead atoms. The topological polar surface area (TPSA) is 89.7 Å². The van der Waals surface area contributed by atoms with Crippen LogP contribution in [-0.2, 0) is 10.0 Å². The minimum atomic E-state index is -4.29. The first-order valence-corrected chi connectivity index (χ1v) is 7.97. The van der Waals surface area contributed by atoms with Gasteiger partial charge in [-0.2, -0.15) is 0 Å². The average molecular weight is 334 g/mol. The highest BCUT2D eigenvalue weighted by atomic mass is 32.2. The van der Waals surface area contributed by atoms with Crippen LogP contribution < -0.4 is 10.5 Å². The monoisotopic (exact) mass is 334 g/mol. The van der Waals surface area contributed by atoms with Crippen molar-refractivity contribution in [1.82, 2.24) is 4.31 Å². The minimum absolute atomic E-state index is 0.166. The first-order valence-electron chi connectivity index (χ1n) is 6.53. The van der Waals surface area contributed by atoms with Crippen LogP contribution in [0.4, 0.5) is 8.78 Å². The highest BCUT2D eigenvalue weighted by Crippen LogP contribution is 2.35. The van der Waals surface area contributed by atoms with Crippen LogP contribution in [0.15, 0.2) is 11.0 Å². The van der Waals surface area contributed by atoms with Gasteiger partial charge < -0.3 is 10.5 Å².